The zero-order chi connectivity index (χ0) is 20.4. The summed E-state index contributed by atoms with van der Waals surface area (Å²) in [4.78, 5) is 12.3. The van der Waals surface area contributed by atoms with Gasteiger partial charge in [0.25, 0.3) is 0 Å². The molecule has 0 heterocycles. The molecule has 0 atom stereocenters. The molecule has 7 heteroatoms. The molecular weight excluding hydrogens is 360 g/mol. The molecule has 0 unspecified atom stereocenters. The molecule has 2 amide bonds. The van der Waals surface area contributed by atoms with Gasteiger partial charge in [0, 0.05) is 18.7 Å². The molecule has 152 valence electrons. The van der Waals surface area contributed by atoms with Crippen molar-refractivity contribution in [2.75, 3.05) is 32.2 Å². The minimum atomic E-state index is -0.329. The van der Waals surface area contributed by atoms with Gasteiger partial charge in [0.15, 0.2) is 11.5 Å². The second kappa shape index (κ2) is 10.9. The van der Waals surface area contributed by atoms with Crippen LogP contribution >= 0.6 is 0 Å². The van der Waals surface area contributed by atoms with Crippen LogP contribution < -0.4 is 29.6 Å². The van der Waals surface area contributed by atoms with Gasteiger partial charge in [-0.3, -0.25) is 0 Å². The van der Waals surface area contributed by atoms with Crippen molar-refractivity contribution in [2.45, 2.75) is 27.3 Å². The van der Waals surface area contributed by atoms with E-state index in [1.54, 1.807) is 19.2 Å². The number of nitrogens with one attached hydrogen (secondary N) is 2. The first-order valence-corrected chi connectivity index (χ1v) is 9.35. The molecule has 0 saturated carbocycles. The first-order chi connectivity index (χ1) is 13.6. The van der Waals surface area contributed by atoms with Crippen LogP contribution in [0.2, 0.25) is 0 Å². The number of urea groups is 1. The summed E-state index contributed by atoms with van der Waals surface area (Å²) in [7, 11) is 1.62. The highest BCUT2D eigenvalue weighted by molar-refractivity contribution is 5.90. The Morgan fingerprint density at radius 1 is 0.893 bits per heavy atom. The van der Waals surface area contributed by atoms with E-state index in [4.69, 9.17) is 18.9 Å². The third-order valence-electron chi connectivity index (χ3n) is 3.78. The summed E-state index contributed by atoms with van der Waals surface area (Å²) in [6.45, 7) is 7.48. The Balaban J connectivity index is 2.08. The molecule has 0 aromatic heterocycles. The number of anilines is 1. The highest BCUT2D eigenvalue weighted by atomic mass is 16.5. The van der Waals surface area contributed by atoms with Crippen LogP contribution in [-0.4, -0.2) is 33.0 Å². The Morgan fingerprint density at radius 2 is 1.46 bits per heavy atom. The molecule has 2 rings (SSSR count). The molecule has 0 radical (unpaired) electrons. The number of hydrogen-bond acceptors (Lipinski definition) is 5. The van der Waals surface area contributed by atoms with Gasteiger partial charge in [0.2, 0.25) is 5.75 Å². The van der Waals surface area contributed by atoms with Crippen molar-refractivity contribution in [1.82, 2.24) is 5.32 Å². The largest absolute Gasteiger partial charge is 0.497 e. The Labute approximate surface area is 165 Å². The molecule has 0 aliphatic rings. The predicted molar refractivity (Wildman–Crippen MR) is 109 cm³/mol. The monoisotopic (exact) mass is 388 g/mol. The first-order valence-electron chi connectivity index (χ1n) is 9.35. The van der Waals surface area contributed by atoms with E-state index in [-0.39, 0.29) is 6.03 Å². The van der Waals surface area contributed by atoms with Crippen molar-refractivity contribution in [3.05, 3.63) is 42.0 Å². The zero-order valence-corrected chi connectivity index (χ0v) is 16.8. The van der Waals surface area contributed by atoms with E-state index in [1.807, 2.05) is 45.0 Å². The van der Waals surface area contributed by atoms with E-state index < -0.39 is 0 Å². The standard InChI is InChI=1S/C21H28N2O5/c1-5-26-18-12-16(13-19(27-6-2)20(18)28-7-3)23-21(24)22-14-15-8-10-17(25-4)11-9-15/h8-13H,5-7,14H2,1-4H3,(H2,22,23,24). The number of benzene rings is 2. The van der Waals surface area contributed by atoms with Crippen LogP contribution in [0.1, 0.15) is 26.3 Å². The smallest absolute Gasteiger partial charge is 0.319 e. The molecule has 0 fully saturated rings. The van der Waals surface area contributed by atoms with Gasteiger partial charge in [-0.1, -0.05) is 12.1 Å². The van der Waals surface area contributed by atoms with Gasteiger partial charge in [0.05, 0.1) is 32.6 Å². The fourth-order valence-electron chi connectivity index (χ4n) is 2.56. The molecule has 0 saturated heterocycles. The van der Waals surface area contributed by atoms with Crippen LogP contribution in [0.4, 0.5) is 10.5 Å². The Hall–Kier alpha value is -3.09. The van der Waals surface area contributed by atoms with Crippen LogP contribution in [0.5, 0.6) is 23.0 Å². The zero-order valence-electron chi connectivity index (χ0n) is 16.8. The van der Waals surface area contributed by atoms with Gasteiger partial charge in [-0.05, 0) is 38.5 Å². The first kappa shape index (κ1) is 21.2. The number of carbonyl (C=O) groups is 1. The van der Waals surface area contributed by atoms with Crippen LogP contribution in [0.15, 0.2) is 36.4 Å². The van der Waals surface area contributed by atoms with Crippen molar-refractivity contribution in [3.63, 3.8) is 0 Å². The van der Waals surface area contributed by atoms with E-state index in [2.05, 4.69) is 10.6 Å². The minimum absolute atomic E-state index is 0.329. The summed E-state index contributed by atoms with van der Waals surface area (Å²) < 4.78 is 22.1. The maximum absolute atomic E-state index is 12.3. The number of ether oxygens (including phenoxy) is 4. The third kappa shape index (κ3) is 5.97. The van der Waals surface area contributed by atoms with Crippen molar-refractivity contribution in [2.24, 2.45) is 0 Å². The van der Waals surface area contributed by atoms with E-state index in [0.717, 1.165) is 11.3 Å². The lowest BCUT2D eigenvalue weighted by atomic mass is 10.2. The Morgan fingerprint density at radius 3 is 1.96 bits per heavy atom. The van der Waals surface area contributed by atoms with E-state index in [0.29, 0.717) is 49.3 Å². The van der Waals surface area contributed by atoms with Crippen molar-refractivity contribution >= 4 is 11.7 Å². The average molecular weight is 388 g/mol. The van der Waals surface area contributed by atoms with E-state index >= 15 is 0 Å². The Kier molecular flexibility index (Phi) is 8.27. The molecule has 0 aliphatic carbocycles. The predicted octanol–water partition coefficient (Wildman–Crippen LogP) is 4.21. The SMILES string of the molecule is CCOc1cc(NC(=O)NCc2ccc(OC)cc2)cc(OCC)c1OCC. The minimum Gasteiger partial charge on any atom is -0.497 e. The molecule has 0 aliphatic heterocycles. The molecule has 2 N–H and O–H groups in total. The number of carbonyl (C=O) groups excluding carboxylic acids is 1. The lowest BCUT2D eigenvalue weighted by molar-refractivity contribution is 0.251. The third-order valence-corrected chi connectivity index (χ3v) is 3.78. The van der Waals surface area contributed by atoms with Gasteiger partial charge in [-0.15, -0.1) is 0 Å². The van der Waals surface area contributed by atoms with E-state index in [9.17, 15) is 4.79 Å². The topological polar surface area (TPSA) is 78.1 Å². The van der Waals surface area contributed by atoms with Gasteiger partial charge < -0.3 is 29.6 Å². The summed E-state index contributed by atoms with van der Waals surface area (Å²) in [5, 5.41) is 5.64. The number of amides is 2. The molecule has 2 aromatic carbocycles. The van der Waals surface area contributed by atoms with Crippen molar-refractivity contribution in [1.29, 1.82) is 0 Å². The number of hydrogen-bond donors (Lipinski definition) is 2. The quantitative estimate of drug-likeness (QED) is 0.637. The molecule has 0 bridgehead atoms. The van der Waals surface area contributed by atoms with Crippen molar-refractivity contribution in [3.8, 4) is 23.0 Å². The second-order valence-electron chi connectivity index (χ2n) is 5.76. The fraction of sp³-hybridized carbons (Fsp3) is 0.381. The highest BCUT2D eigenvalue weighted by Gasteiger charge is 2.16. The average Bonchev–Trinajstić information content (AvgIpc) is 2.70. The van der Waals surface area contributed by atoms with Crippen molar-refractivity contribution < 1.29 is 23.7 Å². The lowest BCUT2D eigenvalue weighted by Crippen LogP contribution is -2.28. The fourth-order valence-corrected chi connectivity index (χ4v) is 2.56. The van der Waals surface area contributed by atoms with Crippen LogP contribution in [-0.2, 0) is 6.54 Å². The number of methoxy groups -OCH3 is 1. The van der Waals surface area contributed by atoms with Gasteiger partial charge >= 0.3 is 6.03 Å². The van der Waals surface area contributed by atoms with E-state index in [1.165, 1.54) is 0 Å². The Bertz CT molecular complexity index is 735. The van der Waals surface area contributed by atoms with Crippen LogP contribution in [0.25, 0.3) is 0 Å². The summed E-state index contributed by atoms with van der Waals surface area (Å²) in [6.07, 6.45) is 0. The molecular formula is C21H28N2O5. The maximum Gasteiger partial charge on any atom is 0.319 e. The summed E-state index contributed by atoms with van der Waals surface area (Å²) >= 11 is 0. The molecule has 2 aromatic rings. The normalized spacial score (nSPS) is 10.1. The summed E-state index contributed by atoms with van der Waals surface area (Å²) in [5.41, 5.74) is 1.52. The van der Waals surface area contributed by atoms with Crippen LogP contribution in [0, 0.1) is 0 Å². The molecule has 0 spiro atoms. The maximum atomic E-state index is 12.3. The summed E-state index contributed by atoms with van der Waals surface area (Å²) in [6, 6.07) is 10.6. The second-order valence-corrected chi connectivity index (χ2v) is 5.76. The summed E-state index contributed by atoms with van der Waals surface area (Å²) in [5.74, 6) is 2.37. The van der Waals surface area contributed by atoms with Gasteiger partial charge in [-0.25, -0.2) is 4.79 Å². The lowest BCUT2D eigenvalue weighted by Gasteiger charge is -2.17. The van der Waals surface area contributed by atoms with Crippen LogP contribution in [0.3, 0.4) is 0 Å². The van der Waals surface area contributed by atoms with Gasteiger partial charge in [-0.2, -0.15) is 0 Å². The molecule has 28 heavy (non-hydrogen) atoms. The highest BCUT2D eigenvalue weighted by Crippen LogP contribution is 2.40. The molecule has 7 nitrogen and oxygen atoms in total. The number of rotatable bonds is 10. The van der Waals surface area contributed by atoms with Gasteiger partial charge in [0.1, 0.15) is 5.75 Å².